The monoisotopic (exact) mass is 275 g/mol. The summed E-state index contributed by atoms with van der Waals surface area (Å²) in [6, 6.07) is 5.75. The zero-order valence-corrected chi connectivity index (χ0v) is 12.0. The first-order valence-corrected chi connectivity index (χ1v) is 7.35. The molecule has 0 bridgehead atoms. The van der Waals surface area contributed by atoms with Crippen molar-refractivity contribution in [1.29, 1.82) is 0 Å². The molecule has 0 aliphatic carbocycles. The SMILES string of the molecule is CC1Oc2c(C(=O)N3CCC[C@H]3CO)cccc2C1C. The van der Waals surface area contributed by atoms with Crippen LogP contribution in [0.3, 0.4) is 0 Å². The van der Waals surface area contributed by atoms with E-state index in [2.05, 4.69) is 6.92 Å². The zero-order chi connectivity index (χ0) is 14.3. The molecule has 0 spiro atoms. The van der Waals surface area contributed by atoms with Crippen LogP contribution in [-0.2, 0) is 0 Å². The first kappa shape index (κ1) is 13.4. The van der Waals surface area contributed by atoms with Gasteiger partial charge in [0, 0.05) is 18.0 Å². The van der Waals surface area contributed by atoms with Gasteiger partial charge in [-0.2, -0.15) is 0 Å². The van der Waals surface area contributed by atoms with Gasteiger partial charge in [0.1, 0.15) is 11.9 Å². The van der Waals surface area contributed by atoms with Crippen LogP contribution in [-0.4, -0.2) is 41.2 Å². The maximum absolute atomic E-state index is 12.7. The Hall–Kier alpha value is -1.55. The molecule has 0 saturated carbocycles. The molecule has 2 aliphatic heterocycles. The van der Waals surface area contributed by atoms with E-state index < -0.39 is 0 Å². The summed E-state index contributed by atoms with van der Waals surface area (Å²) in [7, 11) is 0. The number of hydrogen-bond donors (Lipinski definition) is 1. The van der Waals surface area contributed by atoms with Crippen LogP contribution in [0.5, 0.6) is 5.75 Å². The standard InChI is InChI=1S/C16H21NO3/c1-10-11(2)20-15-13(10)6-3-7-14(15)16(19)17-8-4-5-12(17)9-18/h3,6-7,10-12,18H,4-5,8-9H2,1-2H3/t10?,11?,12-/m0/s1. The summed E-state index contributed by atoms with van der Waals surface area (Å²) < 4.78 is 5.89. The lowest BCUT2D eigenvalue weighted by Crippen LogP contribution is -2.37. The van der Waals surface area contributed by atoms with Crippen molar-refractivity contribution in [3.8, 4) is 5.75 Å². The number of nitrogens with zero attached hydrogens (tertiary/aromatic N) is 1. The van der Waals surface area contributed by atoms with Gasteiger partial charge >= 0.3 is 0 Å². The van der Waals surface area contributed by atoms with Gasteiger partial charge in [-0.05, 0) is 25.8 Å². The number of aliphatic hydroxyl groups is 1. The Bertz CT molecular complexity index is 528. The molecule has 1 saturated heterocycles. The van der Waals surface area contributed by atoms with E-state index in [-0.39, 0.29) is 24.7 Å². The molecule has 1 amide bonds. The number of ether oxygens (including phenoxy) is 1. The fourth-order valence-corrected chi connectivity index (χ4v) is 3.20. The Morgan fingerprint density at radius 1 is 1.45 bits per heavy atom. The van der Waals surface area contributed by atoms with Gasteiger partial charge in [-0.15, -0.1) is 0 Å². The molecule has 4 heteroatoms. The number of para-hydroxylation sites is 1. The van der Waals surface area contributed by atoms with Crippen molar-refractivity contribution < 1.29 is 14.6 Å². The van der Waals surface area contributed by atoms with Gasteiger partial charge in [0.05, 0.1) is 18.2 Å². The van der Waals surface area contributed by atoms with Gasteiger partial charge in [-0.1, -0.05) is 19.1 Å². The van der Waals surface area contributed by atoms with Crippen LogP contribution in [0.2, 0.25) is 0 Å². The smallest absolute Gasteiger partial charge is 0.257 e. The van der Waals surface area contributed by atoms with Crippen LogP contribution in [0.4, 0.5) is 0 Å². The molecule has 1 aromatic carbocycles. The summed E-state index contributed by atoms with van der Waals surface area (Å²) in [6.07, 6.45) is 1.94. The summed E-state index contributed by atoms with van der Waals surface area (Å²) >= 11 is 0. The minimum atomic E-state index is -0.0467. The molecule has 0 aromatic heterocycles. The lowest BCUT2D eigenvalue weighted by molar-refractivity contribution is 0.0672. The second kappa shape index (κ2) is 5.09. The highest BCUT2D eigenvalue weighted by molar-refractivity contribution is 5.98. The molecule has 1 fully saturated rings. The number of amides is 1. The molecule has 20 heavy (non-hydrogen) atoms. The molecule has 108 valence electrons. The average Bonchev–Trinajstić information content (AvgIpc) is 3.04. The average molecular weight is 275 g/mol. The van der Waals surface area contributed by atoms with Crippen LogP contribution in [0.15, 0.2) is 18.2 Å². The number of hydrogen-bond acceptors (Lipinski definition) is 3. The van der Waals surface area contributed by atoms with E-state index >= 15 is 0 Å². The first-order chi connectivity index (χ1) is 9.63. The van der Waals surface area contributed by atoms with Crippen molar-refractivity contribution in [2.75, 3.05) is 13.2 Å². The Morgan fingerprint density at radius 3 is 3.00 bits per heavy atom. The first-order valence-electron chi connectivity index (χ1n) is 7.35. The number of fused-ring (bicyclic) bond motifs is 1. The van der Waals surface area contributed by atoms with Crippen LogP contribution < -0.4 is 4.74 Å². The quantitative estimate of drug-likeness (QED) is 0.900. The fraction of sp³-hybridized carbons (Fsp3) is 0.562. The Balaban J connectivity index is 1.94. The van der Waals surface area contributed by atoms with Crippen LogP contribution in [0, 0.1) is 0 Å². The van der Waals surface area contributed by atoms with E-state index in [0.29, 0.717) is 11.5 Å². The molecule has 2 aliphatic rings. The second-order valence-corrected chi connectivity index (χ2v) is 5.81. The molecule has 2 unspecified atom stereocenters. The van der Waals surface area contributed by atoms with Crippen LogP contribution >= 0.6 is 0 Å². The number of carbonyl (C=O) groups is 1. The van der Waals surface area contributed by atoms with E-state index in [1.807, 2.05) is 25.1 Å². The van der Waals surface area contributed by atoms with E-state index in [9.17, 15) is 9.90 Å². The summed E-state index contributed by atoms with van der Waals surface area (Å²) in [4.78, 5) is 14.5. The maximum Gasteiger partial charge on any atom is 0.257 e. The molecule has 1 aromatic rings. The van der Waals surface area contributed by atoms with E-state index in [4.69, 9.17) is 4.74 Å². The van der Waals surface area contributed by atoms with Crippen molar-refractivity contribution in [3.05, 3.63) is 29.3 Å². The number of likely N-dealkylation sites (tertiary alicyclic amines) is 1. The fourth-order valence-electron chi connectivity index (χ4n) is 3.20. The lowest BCUT2D eigenvalue weighted by Gasteiger charge is -2.23. The van der Waals surface area contributed by atoms with Crippen molar-refractivity contribution in [1.82, 2.24) is 4.90 Å². The second-order valence-electron chi connectivity index (χ2n) is 5.81. The van der Waals surface area contributed by atoms with Crippen molar-refractivity contribution in [2.24, 2.45) is 0 Å². The third kappa shape index (κ3) is 1.99. The molecular formula is C16H21NO3. The van der Waals surface area contributed by atoms with Crippen molar-refractivity contribution in [3.63, 3.8) is 0 Å². The molecule has 2 heterocycles. The largest absolute Gasteiger partial charge is 0.489 e. The van der Waals surface area contributed by atoms with Gasteiger partial charge in [-0.3, -0.25) is 4.79 Å². The molecule has 3 rings (SSSR count). The summed E-state index contributed by atoms with van der Waals surface area (Å²) in [5.74, 6) is 1.03. The minimum absolute atomic E-state index is 0.0142. The predicted molar refractivity (Wildman–Crippen MR) is 76.1 cm³/mol. The maximum atomic E-state index is 12.7. The number of benzene rings is 1. The topological polar surface area (TPSA) is 49.8 Å². The van der Waals surface area contributed by atoms with Gasteiger partial charge in [0.15, 0.2) is 0 Å². The number of aliphatic hydroxyl groups excluding tert-OH is 1. The lowest BCUT2D eigenvalue weighted by atomic mass is 9.96. The number of rotatable bonds is 2. The highest BCUT2D eigenvalue weighted by atomic mass is 16.5. The Morgan fingerprint density at radius 2 is 2.25 bits per heavy atom. The van der Waals surface area contributed by atoms with Crippen molar-refractivity contribution >= 4 is 5.91 Å². The van der Waals surface area contributed by atoms with E-state index in [1.54, 1.807) is 4.90 Å². The summed E-state index contributed by atoms with van der Waals surface area (Å²) in [5, 5.41) is 9.38. The third-order valence-corrected chi connectivity index (χ3v) is 4.62. The predicted octanol–water partition coefficient (Wildman–Crippen LogP) is 2.17. The third-order valence-electron chi connectivity index (χ3n) is 4.62. The highest BCUT2D eigenvalue weighted by Gasteiger charge is 2.35. The van der Waals surface area contributed by atoms with Gasteiger partial charge in [0.2, 0.25) is 0 Å². The Kier molecular flexibility index (Phi) is 3.42. The summed E-state index contributed by atoms with van der Waals surface area (Å²) in [6.45, 7) is 4.91. The molecule has 3 atom stereocenters. The normalized spacial score (nSPS) is 28.4. The molecule has 0 radical (unpaired) electrons. The molecular weight excluding hydrogens is 254 g/mol. The van der Waals surface area contributed by atoms with E-state index in [0.717, 1.165) is 30.7 Å². The molecule has 1 N–H and O–H groups in total. The molecule has 4 nitrogen and oxygen atoms in total. The van der Waals surface area contributed by atoms with Gasteiger partial charge in [-0.25, -0.2) is 0 Å². The van der Waals surface area contributed by atoms with Crippen molar-refractivity contribution in [2.45, 2.75) is 44.8 Å². The highest BCUT2D eigenvalue weighted by Crippen LogP contribution is 2.41. The number of carbonyl (C=O) groups excluding carboxylic acids is 1. The van der Waals surface area contributed by atoms with Gasteiger partial charge < -0.3 is 14.7 Å². The van der Waals surface area contributed by atoms with Gasteiger partial charge in [0.25, 0.3) is 5.91 Å². The van der Waals surface area contributed by atoms with Crippen LogP contribution in [0.25, 0.3) is 0 Å². The van der Waals surface area contributed by atoms with E-state index in [1.165, 1.54) is 0 Å². The van der Waals surface area contributed by atoms with Crippen LogP contribution in [0.1, 0.15) is 48.5 Å². The Labute approximate surface area is 119 Å². The zero-order valence-electron chi connectivity index (χ0n) is 12.0. The summed E-state index contributed by atoms with van der Waals surface area (Å²) in [5.41, 5.74) is 1.75. The minimum Gasteiger partial charge on any atom is -0.489 e.